The summed E-state index contributed by atoms with van der Waals surface area (Å²) in [6.07, 6.45) is 3.83. The summed E-state index contributed by atoms with van der Waals surface area (Å²) in [6, 6.07) is 7.99. The van der Waals surface area contributed by atoms with Gasteiger partial charge in [0.25, 0.3) is 0 Å². The van der Waals surface area contributed by atoms with Crippen molar-refractivity contribution in [1.29, 1.82) is 0 Å². The number of hydrogen-bond acceptors (Lipinski definition) is 5. The van der Waals surface area contributed by atoms with Crippen LogP contribution >= 0.6 is 11.3 Å². The summed E-state index contributed by atoms with van der Waals surface area (Å²) < 4.78 is 0. The maximum absolute atomic E-state index is 12.0. The molecule has 3 heterocycles. The Labute approximate surface area is 147 Å². The van der Waals surface area contributed by atoms with Crippen molar-refractivity contribution in [2.24, 2.45) is 5.92 Å². The van der Waals surface area contributed by atoms with Crippen LogP contribution < -0.4 is 10.6 Å². The van der Waals surface area contributed by atoms with E-state index in [0.29, 0.717) is 19.0 Å². The first-order valence-corrected chi connectivity index (χ1v) is 9.39. The van der Waals surface area contributed by atoms with Crippen LogP contribution in [0, 0.1) is 5.92 Å². The minimum atomic E-state index is 0.128. The maximum atomic E-state index is 12.0. The van der Waals surface area contributed by atoms with Crippen LogP contribution in [-0.2, 0) is 11.2 Å². The lowest BCUT2D eigenvalue weighted by atomic mass is 10.1. The van der Waals surface area contributed by atoms with Gasteiger partial charge in [-0.15, -0.1) is 0 Å². The van der Waals surface area contributed by atoms with Crippen LogP contribution in [0.1, 0.15) is 12.0 Å². The van der Waals surface area contributed by atoms with Crippen molar-refractivity contribution in [3.63, 3.8) is 0 Å². The van der Waals surface area contributed by atoms with E-state index in [4.69, 9.17) is 0 Å². The number of nitrogens with zero attached hydrogens (tertiary/aromatic N) is 2. The van der Waals surface area contributed by atoms with Gasteiger partial charge in [-0.25, -0.2) is 4.98 Å². The normalized spacial score (nSPS) is 17.8. The van der Waals surface area contributed by atoms with E-state index < -0.39 is 0 Å². The van der Waals surface area contributed by atoms with Crippen LogP contribution in [0.15, 0.2) is 41.2 Å². The molecule has 1 aliphatic rings. The molecule has 1 saturated heterocycles. The first-order valence-electron chi connectivity index (χ1n) is 8.44. The molecule has 0 radical (unpaired) electrons. The van der Waals surface area contributed by atoms with Gasteiger partial charge >= 0.3 is 0 Å². The second-order valence-electron chi connectivity index (χ2n) is 6.22. The minimum Gasteiger partial charge on any atom is -0.370 e. The van der Waals surface area contributed by atoms with Gasteiger partial charge in [0.1, 0.15) is 5.82 Å². The Balaban J connectivity index is 1.31. The molecule has 24 heavy (non-hydrogen) atoms. The fourth-order valence-electron chi connectivity index (χ4n) is 2.98. The SMILES string of the molecule is O=C(CN1CC[C@@H](CNc2ccccn2)C1)NCCc1ccsc1. The van der Waals surface area contributed by atoms with Crippen LogP contribution in [0.5, 0.6) is 0 Å². The number of pyridine rings is 1. The van der Waals surface area contributed by atoms with Gasteiger partial charge in [-0.1, -0.05) is 6.07 Å². The zero-order valence-electron chi connectivity index (χ0n) is 13.8. The molecule has 5 nitrogen and oxygen atoms in total. The molecule has 2 aromatic rings. The summed E-state index contributed by atoms with van der Waals surface area (Å²) >= 11 is 1.70. The number of anilines is 1. The molecular formula is C18H24N4OS. The molecule has 0 saturated carbocycles. The Hall–Kier alpha value is -1.92. The zero-order chi connectivity index (χ0) is 16.6. The molecule has 2 N–H and O–H groups in total. The number of amides is 1. The predicted octanol–water partition coefficient (Wildman–Crippen LogP) is 2.24. The molecule has 2 aromatic heterocycles. The van der Waals surface area contributed by atoms with Crippen LogP contribution in [0.3, 0.4) is 0 Å². The molecule has 0 bridgehead atoms. The van der Waals surface area contributed by atoms with Gasteiger partial charge in [0, 0.05) is 25.8 Å². The lowest BCUT2D eigenvalue weighted by Gasteiger charge is -2.16. The summed E-state index contributed by atoms with van der Waals surface area (Å²) in [6.45, 7) is 4.09. The molecule has 1 fully saturated rings. The molecule has 0 spiro atoms. The smallest absolute Gasteiger partial charge is 0.234 e. The second-order valence-corrected chi connectivity index (χ2v) is 7.00. The van der Waals surface area contributed by atoms with Crippen molar-refractivity contribution in [1.82, 2.24) is 15.2 Å². The average Bonchev–Trinajstić information content (AvgIpc) is 3.26. The Morgan fingerprint density at radius 3 is 3.12 bits per heavy atom. The van der Waals surface area contributed by atoms with E-state index >= 15 is 0 Å². The van der Waals surface area contributed by atoms with Crippen LogP contribution in [-0.4, -0.2) is 48.5 Å². The van der Waals surface area contributed by atoms with Gasteiger partial charge in [-0.2, -0.15) is 11.3 Å². The Morgan fingerprint density at radius 1 is 1.38 bits per heavy atom. The summed E-state index contributed by atoms with van der Waals surface area (Å²) in [5.41, 5.74) is 1.29. The van der Waals surface area contributed by atoms with Crippen molar-refractivity contribution < 1.29 is 4.79 Å². The number of rotatable bonds is 8. The number of nitrogens with one attached hydrogen (secondary N) is 2. The van der Waals surface area contributed by atoms with E-state index in [0.717, 1.165) is 38.3 Å². The van der Waals surface area contributed by atoms with Gasteiger partial charge in [-0.3, -0.25) is 9.69 Å². The van der Waals surface area contributed by atoms with Gasteiger partial charge in [0.15, 0.2) is 0 Å². The number of hydrogen-bond donors (Lipinski definition) is 2. The van der Waals surface area contributed by atoms with Crippen molar-refractivity contribution >= 4 is 23.1 Å². The van der Waals surface area contributed by atoms with E-state index in [1.807, 2.05) is 18.2 Å². The predicted molar refractivity (Wildman–Crippen MR) is 98.3 cm³/mol. The fraction of sp³-hybridized carbons (Fsp3) is 0.444. The second kappa shape index (κ2) is 8.80. The number of carbonyl (C=O) groups is 1. The summed E-state index contributed by atoms with van der Waals surface area (Å²) in [5.74, 6) is 1.62. The fourth-order valence-corrected chi connectivity index (χ4v) is 3.68. The van der Waals surface area contributed by atoms with Gasteiger partial charge in [-0.05, 0) is 59.8 Å². The third-order valence-electron chi connectivity index (χ3n) is 4.29. The molecule has 1 amide bonds. The molecule has 3 rings (SSSR count). The molecule has 6 heteroatoms. The Bertz CT molecular complexity index is 617. The quantitative estimate of drug-likeness (QED) is 0.771. The van der Waals surface area contributed by atoms with E-state index in [1.165, 1.54) is 5.56 Å². The van der Waals surface area contributed by atoms with Crippen molar-refractivity contribution in [2.45, 2.75) is 12.8 Å². The van der Waals surface area contributed by atoms with E-state index in [1.54, 1.807) is 17.5 Å². The molecular weight excluding hydrogens is 320 g/mol. The average molecular weight is 344 g/mol. The molecule has 0 unspecified atom stereocenters. The zero-order valence-corrected chi connectivity index (χ0v) is 14.6. The minimum absolute atomic E-state index is 0.128. The molecule has 1 aliphatic heterocycles. The third-order valence-corrected chi connectivity index (χ3v) is 5.02. The Kier molecular flexibility index (Phi) is 6.20. The number of aromatic nitrogens is 1. The monoisotopic (exact) mass is 344 g/mol. The molecule has 128 valence electrons. The highest BCUT2D eigenvalue weighted by Crippen LogP contribution is 2.16. The maximum Gasteiger partial charge on any atom is 0.234 e. The van der Waals surface area contributed by atoms with Crippen molar-refractivity contribution in [2.75, 3.05) is 38.0 Å². The van der Waals surface area contributed by atoms with Crippen LogP contribution in [0.25, 0.3) is 0 Å². The third kappa shape index (κ3) is 5.32. The van der Waals surface area contributed by atoms with Crippen LogP contribution in [0.2, 0.25) is 0 Å². The molecule has 1 atom stereocenters. The topological polar surface area (TPSA) is 57.3 Å². The first-order chi connectivity index (χ1) is 11.8. The molecule has 0 aliphatic carbocycles. The number of carbonyl (C=O) groups excluding carboxylic acids is 1. The summed E-state index contributed by atoms with van der Waals surface area (Å²) in [5, 5.41) is 10.6. The number of thiophene rings is 1. The number of likely N-dealkylation sites (tertiary alicyclic amines) is 1. The van der Waals surface area contributed by atoms with Crippen LogP contribution in [0.4, 0.5) is 5.82 Å². The lowest BCUT2D eigenvalue weighted by molar-refractivity contribution is -0.122. The standard InChI is InChI=1S/C18H24N4OS/c23-18(20-8-4-15-6-10-24-14-15)13-22-9-5-16(12-22)11-21-17-3-1-2-7-19-17/h1-3,6-7,10,14,16H,4-5,8-9,11-13H2,(H,19,21)(H,20,23)/t16-/m0/s1. The summed E-state index contributed by atoms with van der Waals surface area (Å²) in [7, 11) is 0. The van der Waals surface area contributed by atoms with Gasteiger partial charge in [0.2, 0.25) is 5.91 Å². The summed E-state index contributed by atoms with van der Waals surface area (Å²) in [4.78, 5) is 18.6. The van der Waals surface area contributed by atoms with Gasteiger partial charge < -0.3 is 10.6 Å². The highest BCUT2D eigenvalue weighted by atomic mass is 32.1. The first kappa shape index (κ1) is 16.9. The van der Waals surface area contributed by atoms with Crippen molar-refractivity contribution in [3.8, 4) is 0 Å². The highest BCUT2D eigenvalue weighted by molar-refractivity contribution is 7.07. The van der Waals surface area contributed by atoms with E-state index in [2.05, 4.69) is 37.3 Å². The van der Waals surface area contributed by atoms with Crippen molar-refractivity contribution in [3.05, 3.63) is 46.8 Å². The largest absolute Gasteiger partial charge is 0.370 e. The Morgan fingerprint density at radius 2 is 2.33 bits per heavy atom. The van der Waals surface area contributed by atoms with E-state index in [9.17, 15) is 4.79 Å². The molecule has 0 aromatic carbocycles. The highest BCUT2D eigenvalue weighted by Gasteiger charge is 2.23. The van der Waals surface area contributed by atoms with Gasteiger partial charge in [0.05, 0.1) is 6.54 Å². The lowest BCUT2D eigenvalue weighted by Crippen LogP contribution is -2.37. The van der Waals surface area contributed by atoms with E-state index in [-0.39, 0.29) is 5.91 Å².